The fraction of sp³-hybridized carbons (Fsp3) is 0.400. The van der Waals surface area contributed by atoms with Crippen LogP contribution < -0.4 is 5.32 Å². The Labute approximate surface area is 148 Å². The van der Waals surface area contributed by atoms with Crippen LogP contribution >= 0.6 is 0 Å². The average Bonchev–Trinajstić information content (AvgIpc) is 2.95. The van der Waals surface area contributed by atoms with Gasteiger partial charge in [-0.25, -0.2) is 0 Å². The van der Waals surface area contributed by atoms with Gasteiger partial charge < -0.3 is 15.1 Å². The highest BCUT2D eigenvalue weighted by Crippen LogP contribution is 2.22. The molecule has 0 saturated carbocycles. The van der Waals surface area contributed by atoms with E-state index in [4.69, 9.17) is 0 Å². The molecule has 5 nitrogen and oxygen atoms in total. The molecule has 2 aromatic rings. The van der Waals surface area contributed by atoms with Crippen LogP contribution in [0.3, 0.4) is 0 Å². The van der Waals surface area contributed by atoms with Crippen LogP contribution in [0.4, 0.5) is 5.69 Å². The monoisotopic (exact) mass is 339 g/mol. The Balaban J connectivity index is 1.58. The van der Waals surface area contributed by atoms with E-state index < -0.39 is 0 Å². The predicted octanol–water partition coefficient (Wildman–Crippen LogP) is 2.58. The van der Waals surface area contributed by atoms with E-state index in [-0.39, 0.29) is 17.7 Å². The molecule has 1 fully saturated rings. The van der Waals surface area contributed by atoms with Crippen LogP contribution in [0.15, 0.2) is 42.5 Å². The zero-order valence-corrected chi connectivity index (χ0v) is 14.9. The number of fused-ring (bicyclic) bond motifs is 1. The number of hydrogen-bond acceptors (Lipinski definition) is 3. The van der Waals surface area contributed by atoms with Gasteiger partial charge in [0.15, 0.2) is 0 Å². The molecule has 2 amide bonds. The van der Waals surface area contributed by atoms with Crippen molar-refractivity contribution in [1.29, 1.82) is 0 Å². The maximum atomic E-state index is 12.5. The third kappa shape index (κ3) is 4.37. The Bertz CT molecular complexity index is 772. The third-order valence-electron chi connectivity index (χ3n) is 4.64. The lowest BCUT2D eigenvalue weighted by molar-refractivity contribution is -0.128. The van der Waals surface area contributed by atoms with Gasteiger partial charge in [0.05, 0.1) is 5.92 Å². The molecular formula is C20H25N3O2. The Kier molecular flexibility index (Phi) is 5.34. The molecule has 2 aromatic carbocycles. The van der Waals surface area contributed by atoms with E-state index in [9.17, 15) is 9.59 Å². The standard InChI is InChI=1S/C20H25N3O2/c1-22(2)10-5-11-23-14-17(13-19(23)24)20(25)21-18-9-8-15-6-3-4-7-16(15)12-18/h3-4,6-9,12,17H,5,10-11,13-14H2,1-2H3,(H,21,25). The molecule has 132 valence electrons. The average molecular weight is 339 g/mol. The predicted molar refractivity (Wildman–Crippen MR) is 100 cm³/mol. The number of benzene rings is 2. The van der Waals surface area contributed by atoms with Gasteiger partial charge in [-0.2, -0.15) is 0 Å². The summed E-state index contributed by atoms with van der Waals surface area (Å²) in [7, 11) is 4.04. The van der Waals surface area contributed by atoms with Crippen molar-refractivity contribution < 1.29 is 9.59 Å². The van der Waals surface area contributed by atoms with E-state index >= 15 is 0 Å². The van der Waals surface area contributed by atoms with E-state index in [1.807, 2.05) is 61.5 Å². The van der Waals surface area contributed by atoms with Crippen molar-refractivity contribution in [2.45, 2.75) is 12.8 Å². The second kappa shape index (κ2) is 7.66. The highest BCUT2D eigenvalue weighted by atomic mass is 16.2. The number of carbonyl (C=O) groups excluding carboxylic acids is 2. The van der Waals surface area contributed by atoms with Crippen molar-refractivity contribution in [3.8, 4) is 0 Å². The van der Waals surface area contributed by atoms with Crippen molar-refractivity contribution >= 4 is 28.3 Å². The van der Waals surface area contributed by atoms with Gasteiger partial charge in [0, 0.05) is 25.2 Å². The Morgan fingerprint density at radius 1 is 1.20 bits per heavy atom. The summed E-state index contributed by atoms with van der Waals surface area (Å²) in [4.78, 5) is 28.6. The molecule has 0 aliphatic carbocycles. The van der Waals surface area contributed by atoms with Gasteiger partial charge in [0.25, 0.3) is 0 Å². The van der Waals surface area contributed by atoms with Crippen molar-refractivity contribution in [1.82, 2.24) is 9.80 Å². The molecule has 1 N–H and O–H groups in total. The van der Waals surface area contributed by atoms with E-state index in [0.29, 0.717) is 13.0 Å². The molecule has 0 radical (unpaired) electrons. The molecule has 1 atom stereocenters. The molecule has 0 spiro atoms. The SMILES string of the molecule is CN(C)CCCN1CC(C(=O)Nc2ccc3ccccc3c2)CC1=O. The molecular weight excluding hydrogens is 314 g/mol. The van der Waals surface area contributed by atoms with E-state index in [1.165, 1.54) is 0 Å². The van der Waals surface area contributed by atoms with Crippen molar-refractivity contribution in [3.05, 3.63) is 42.5 Å². The summed E-state index contributed by atoms with van der Waals surface area (Å²) in [5, 5.41) is 5.20. The summed E-state index contributed by atoms with van der Waals surface area (Å²) >= 11 is 0. The summed E-state index contributed by atoms with van der Waals surface area (Å²) in [5.74, 6) is -0.255. The summed E-state index contributed by atoms with van der Waals surface area (Å²) in [6.45, 7) is 2.18. The number of rotatable bonds is 6. The molecule has 1 aliphatic heterocycles. The van der Waals surface area contributed by atoms with Crippen LogP contribution in [0.5, 0.6) is 0 Å². The number of nitrogens with zero attached hydrogens (tertiary/aromatic N) is 2. The van der Waals surface area contributed by atoms with Crippen LogP contribution in [0.1, 0.15) is 12.8 Å². The quantitative estimate of drug-likeness (QED) is 0.880. The fourth-order valence-corrected chi connectivity index (χ4v) is 3.25. The number of hydrogen-bond donors (Lipinski definition) is 1. The number of carbonyl (C=O) groups is 2. The van der Waals surface area contributed by atoms with Crippen LogP contribution in [-0.4, -0.2) is 55.3 Å². The second-order valence-electron chi connectivity index (χ2n) is 6.95. The highest BCUT2D eigenvalue weighted by Gasteiger charge is 2.33. The molecule has 3 rings (SSSR count). The Morgan fingerprint density at radius 3 is 2.72 bits per heavy atom. The van der Waals surface area contributed by atoms with Gasteiger partial charge in [0.2, 0.25) is 11.8 Å². The second-order valence-corrected chi connectivity index (χ2v) is 6.95. The summed E-state index contributed by atoms with van der Waals surface area (Å²) in [6.07, 6.45) is 1.24. The Hall–Kier alpha value is -2.40. The van der Waals surface area contributed by atoms with Crippen molar-refractivity contribution in [3.63, 3.8) is 0 Å². The minimum atomic E-state index is -0.265. The van der Waals surface area contributed by atoms with E-state index in [0.717, 1.165) is 36.0 Å². The molecule has 1 heterocycles. The summed E-state index contributed by atoms with van der Waals surface area (Å²) in [6, 6.07) is 13.9. The van der Waals surface area contributed by atoms with Gasteiger partial charge >= 0.3 is 0 Å². The van der Waals surface area contributed by atoms with Gasteiger partial charge in [-0.3, -0.25) is 9.59 Å². The minimum absolute atomic E-state index is 0.0706. The largest absolute Gasteiger partial charge is 0.342 e. The first-order valence-electron chi connectivity index (χ1n) is 8.75. The van der Waals surface area contributed by atoms with Crippen LogP contribution in [-0.2, 0) is 9.59 Å². The minimum Gasteiger partial charge on any atom is -0.342 e. The van der Waals surface area contributed by atoms with Gasteiger partial charge in [0.1, 0.15) is 0 Å². The number of nitrogens with one attached hydrogen (secondary N) is 1. The first-order chi connectivity index (χ1) is 12.0. The van der Waals surface area contributed by atoms with Gasteiger partial charge in [-0.1, -0.05) is 30.3 Å². The first-order valence-corrected chi connectivity index (χ1v) is 8.75. The van der Waals surface area contributed by atoms with Crippen LogP contribution in [0.25, 0.3) is 10.8 Å². The lowest BCUT2D eigenvalue weighted by Crippen LogP contribution is -2.30. The molecule has 1 unspecified atom stereocenters. The lowest BCUT2D eigenvalue weighted by atomic mass is 10.1. The maximum absolute atomic E-state index is 12.5. The fourth-order valence-electron chi connectivity index (χ4n) is 3.25. The van der Waals surface area contributed by atoms with Gasteiger partial charge in [-0.15, -0.1) is 0 Å². The molecule has 1 aliphatic rings. The molecule has 5 heteroatoms. The lowest BCUT2D eigenvalue weighted by Gasteiger charge is -2.18. The zero-order chi connectivity index (χ0) is 17.8. The van der Waals surface area contributed by atoms with Crippen molar-refractivity contribution in [2.75, 3.05) is 39.0 Å². The molecule has 0 aromatic heterocycles. The third-order valence-corrected chi connectivity index (χ3v) is 4.64. The van der Waals surface area contributed by atoms with E-state index in [2.05, 4.69) is 10.2 Å². The highest BCUT2D eigenvalue weighted by molar-refractivity contribution is 5.98. The summed E-state index contributed by atoms with van der Waals surface area (Å²) in [5.41, 5.74) is 0.780. The first kappa shape index (κ1) is 17.4. The number of likely N-dealkylation sites (tertiary alicyclic amines) is 1. The number of anilines is 1. The zero-order valence-electron chi connectivity index (χ0n) is 14.9. The summed E-state index contributed by atoms with van der Waals surface area (Å²) < 4.78 is 0. The smallest absolute Gasteiger partial charge is 0.229 e. The molecule has 25 heavy (non-hydrogen) atoms. The molecule has 0 bridgehead atoms. The van der Waals surface area contributed by atoms with Crippen LogP contribution in [0, 0.1) is 5.92 Å². The topological polar surface area (TPSA) is 52.6 Å². The van der Waals surface area contributed by atoms with Crippen molar-refractivity contribution in [2.24, 2.45) is 5.92 Å². The van der Waals surface area contributed by atoms with Crippen LogP contribution in [0.2, 0.25) is 0 Å². The maximum Gasteiger partial charge on any atom is 0.229 e. The van der Waals surface area contributed by atoms with Gasteiger partial charge in [-0.05, 0) is 50.0 Å². The normalized spacial score (nSPS) is 17.5. The molecule has 1 saturated heterocycles. The Morgan fingerprint density at radius 2 is 1.96 bits per heavy atom. The van der Waals surface area contributed by atoms with E-state index in [1.54, 1.807) is 0 Å². The number of amides is 2.